The van der Waals surface area contributed by atoms with Crippen molar-refractivity contribution in [1.82, 2.24) is 4.98 Å². The predicted octanol–water partition coefficient (Wildman–Crippen LogP) is 2.47. The molecule has 0 radical (unpaired) electrons. The van der Waals surface area contributed by atoms with Crippen LogP contribution < -0.4 is 15.0 Å². The molecule has 25 heavy (non-hydrogen) atoms. The van der Waals surface area contributed by atoms with Crippen LogP contribution in [0.1, 0.15) is 25.1 Å². The first-order valence-electron chi connectivity index (χ1n) is 7.68. The number of aryl methyl sites for hydroxylation is 1. The second-order valence-electron chi connectivity index (χ2n) is 5.37. The van der Waals surface area contributed by atoms with Crippen molar-refractivity contribution in [3.63, 3.8) is 0 Å². The van der Waals surface area contributed by atoms with Gasteiger partial charge in [0.25, 0.3) is 5.56 Å². The number of nitrogens with zero attached hydrogens (tertiary/aromatic N) is 1. The molecule has 1 unspecified atom stereocenters. The van der Waals surface area contributed by atoms with E-state index >= 15 is 0 Å². The molecule has 0 aliphatic carbocycles. The molecule has 2 rings (SSSR count). The number of carboxylic acid groups (broad SMARTS) is 1. The zero-order chi connectivity index (χ0) is 18.6. The van der Waals surface area contributed by atoms with E-state index in [-0.39, 0.29) is 11.3 Å². The zero-order valence-corrected chi connectivity index (χ0v) is 14.1. The van der Waals surface area contributed by atoms with E-state index in [4.69, 9.17) is 14.6 Å². The Kier molecular flexibility index (Phi) is 5.45. The van der Waals surface area contributed by atoms with Gasteiger partial charge in [-0.2, -0.15) is 5.26 Å². The number of ether oxygens (including phenoxy) is 2. The van der Waals surface area contributed by atoms with E-state index in [0.29, 0.717) is 29.2 Å². The second kappa shape index (κ2) is 7.53. The Balaban J connectivity index is 2.55. The van der Waals surface area contributed by atoms with Gasteiger partial charge in [-0.3, -0.25) is 4.79 Å². The second-order valence-corrected chi connectivity index (χ2v) is 5.37. The molecule has 0 aliphatic rings. The lowest BCUT2D eigenvalue weighted by atomic mass is 10.0. The summed E-state index contributed by atoms with van der Waals surface area (Å²) in [6.45, 7) is 5.28. The monoisotopic (exact) mass is 342 g/mol. The maximum Gasteiger partial charge on any atom is 0.344 e. The Labute approximate surface area is 144 Å². The number of aromatic nitrogens is 1. The van der Waals surface area contributed by atoms with E-state index < -0.39 is 17.6 Å². The quantitative estimate of drug-likeness (QED) is 0.834. The molecule has 0 aliphatic heterocycles. The number of nitrogens with one attached hydrogen (secondary N) is 1. The number of aromatic amines is 1. The van der Waals surface area contributed by atoms with Gasteiger partial charge in [0.2, 0.25) is 0 Å². The Hall–Kier alpha value is -3.27. The molecule has 0 spiro atoms. The lowest BCUT2D eigenvalue weighted by molar-refractivity contribution is -0.144. The minimum atomic E-state index is -1.09. The molecule has 0 saturated heterocycles. The highest BCUT2D eigenvalue weighted by atomic mass is 16.5. The number of aliphatic carboxylic acids is 1. The van der Waals surface area contributed by atoms with Crippen molar-refractivity contribution in [2.75, 3.05) is 6.61 Å². The largest absolute Gasteiger partial charge is 0.490 e. The number of hydrogen-bond donors (Lipinski definition) is 2. The molecular weight excluding hydrogens is 324 g/mol. The SMILES string of the molecule is CCOc1cc(-c2cc(C)[nH]c(=O)c2C#N)ccc1OC(C)C(=O)O. The number of carbonyl (C=O) groups is 1. The van der Waals surface area contributed by atoms with Gasteiger partial charge < -0.3 is 19.6 Å². The molecule has 2 N–H and O–H groups in total. The van der Waals surface area contributed by atoms with Crippen LogP contribution in [0.15, 0.2) is 29.1 Å². The highest BCUT2D eigenvalue weighted by Gasteiger charge is 2.17. The molecule has 7 heteroatoms. The molecule has 0 bridgehead atoms. The van der Waals surface area contributed by atoms with E-state index in [0.717, 1.165) is 0 Å². The highest BCUT2D eigenvalue weighted by molar-refractivity contribution is 5.74. The van der Waals surface area contributed by atoms with Crippen LogP contribution in [0.4, 0.5) is 0 Å². The molecule has 7 nitrogen and oxygen atoms in total. The van der Waals surface area contributed by atoms with E-state index in [1.165, 1.54) is 6.92 Å². The first-order chi connectivity index (χ1) is 11.9. The predicted molar refractivity (Wildman–Crippen MR) is 90.8 cm³/mol. The molecular formula is C18H18N2O5. The lowest BCUT2D eigenvalue weighted by Gasteiger charge is -2.16. The number of nitriles is 1. The number of hydrogen-bond acceptors (Lipinski definition) is 5. The first-order valence-corrected chi connectivity index (χ1v) is 7.68. The molecule has 1 heterocycles. The maximum absolute atomic E-state index is 12.0. The molecule has 1 aromatic heterocycles. The summed E-state index contributed by atoms with van der Waals surface area (Å²) in [6.07, 6.45) is -1.04. The van der Waals surface area contributed by atoms with Gasteiger partial charge in [-0.15, -0.1) is 0 Å². The van der Waals surface area contributed by atoms with Crippen molar-refractivity contribution in [1.29, 1.82) is 5.26 Å². The Morgan fingerprint density at radius 1 is 1.36 bits per heavy atom. The number of pyridine rings is 1. The van der Waals surface area contributed by atoms with Gasteiger partial charge in [0, 0.05) is 11.3 Å². The van der Waals surface area contributed by atoms with Crippen LogP contribution in [0.25, 0.3) is 11.1 Å². The van der Waals surface area contributed by atoms with Crippen molar-refractivity contribution in [2.45, 2.75) is 26.9 Å². The van der Waals surface area contributed by atoms with Gasteiger partial charge >= 0.3 is 5.97 Å². The molecule has 1 atom stereocenters. The zero-order valence-electron chi connectivity index (χ0n) is 14.1. The molecule has 0 amide bonds. The van der Waals surface area contributed by atoms with Crippen LogP contribution in [-0.2, 0) is 4.79 Å². The fraction of sp³-hybridized carbons (Fsp3) is 0.278. The Bertz CT molecular complexity index is 895. The average molecular weight is 342 g/mol. The van der Waals surface area contributed by atoms with Gasteiger partial charge in [-0.25, -0.2) is 4.79 Å². The molecule has 1 aromatic carbocycles. The number of benzene rings is 1. The van der Waals surface area contributed by atoms with Gasteiger partial charge in [-0.1, -0.05) is 6.07 Å². The van der Waals surface area contributed by atoms with Crippen molar-refractivity contribution in [2.24, 2.45) is 0 Å². The molecule has 0 fully saturated rings. The summed E-state index contributed by atoms with van der Waals surface area (Å²) in [5, 5.41) is 18.3. The smallest absolute Gasteiger partial charge is 0.344 e. The number of rotatable bonds is 6. The minimum absolute atomic E-state index is 0.000575. The third kappa shape index (κ3) is 3.98. The van der Waals surface area contributed by atoms with Gasteiger partial charge in [0.15, 0.2) is 17.6 Å². The van der Waals surface area contributed by atoms with E-state index in [1.807, 2.05) is 6.07 Å². The van der Waals surface area contributed by atoms with E-state index in [9.17, 15) is 14.9 Å². The van der Waals surface area contributed by atoms with Crippen LogP contribution >= 0.6 is 0 Å². The van der Waals surface area contributed by atoms with E-state index in [1.54, 1.807) is 38.1 Å². The van der Waals surface area contributed by atoms with Gasteiger partial charge in [-0.05, 0) is 44.5 Å². The number of carboxylic acids is 1. The lowest BCUT2D eigenvalue weighted by Crippen LogP contribution is -2.23. The van der Waals surface area contributed by atoms with Gasteiger partial charge in [0.05, 0.1) is 6.61 Å². The topological polar surface area (TPSA) is 112 Å². The molecule has 2 aromatic rings. The van der Waals surface area contributed by atoms with Crippen molar-refractivity contribution < 1.29 is 19.4 Å². The van der Waals surface area contributed by atoms with Crippen molar-refractivity contribution in [3.05, 3.63) is 45.9 Å². The van der Waals surface area contributed by atoms with Crippen LogP contribution in [0.2, 0.25) is 0 Å². The van der Waals surface area contributed by atoms with E-state index in [2.05, 4.69) is 4.98 Å². The standard InChI is InChI=1S/C18H18N2O5/c1-4-24-16-8-12(5-6-15(16)25-11(3)18(22)23)13-7-10(2)20-17(21)14(13)9-19/h5-8,11H,4H2,1-3H3,(H,20,21)(H,22,23). The summed E-state index contributed by atoms with van der Waals surface area (Å²) in [5.41, 5.74) is 1.24. The van der Waals surface area contributed by atoms with Gasteiger partial charge in [0.1, 0.15) is 11.6 Å². The minimum Gasteiger partial charge on any atom is -0.490 e. The summed E-state index contributed by atoms with van der Waals surface area (Å²) < 4.78 is 10.9. The summed E-state index contributed by atoms with van der Waals surface area (Å²) in [5.74, 6) is -0.473. The van der Waals surface area contributed by atoms with Crippen LogP contribution in [0.3, 0.4) is 0 Å². The Morgan fingerprint density at radius 2 is 2.08 bits per heavy atom. The normalized spacial score (nSPS) is 11.4. The van der Waals surface area contributed by atoms with Crippen molar-refractivity contribution >= 4 is 5.97 Å². The third-order valence-corrected chi connectivity index (χ3v) is 3.49. The summed E-state index contributed by atoms with van der Waals surface area (Å²) in [6, 6.07) is 8.46. The molecule has 130 valence electrons. The molecule has 0 saturated carbocycles. The summed E-state index contributed by atoms with van der Waals surface area (Å²) in [7, 11) is 0. The summed E-state index contributed by atoms with van der Waals surface area (Å²) in [4.78, 5) is 25.5. The van der Waals surface area contributed by atoms with Crippen LogP contribution in [0, 0.1) is 18.3 Å². The third-order valence-electron chi connectivity index (χ3n) is 3.49. The number of H-pyrrole nitrogens is 1. The fourth-order valence-corrected chi connectivity index (χ4v) is 2.31. The maximum atomic E-state index is 12.0. The van der Waals surface area contributed by atoms with Crippen LogP contribution in [0.5, 0.6) is 11.5 Å². The summed E-state index contributed by atoms with van der Waals surface area (Å²) >= 11 is 0. The average Bonchev–Trinajstić information content (AvgIpc) is 2.55. The fourth-order valence-electron chi connectivity index (χ4n) is 2.31. The Morgan fingerprint density at radius 3 is 2.68 bits per heavy atom. The highest BCUT2D eigenvalue weighted by Crippen LogP contribution is 2.34. The first kappa shape index (κ1) is 18.1. The van der Waals surface area contributed by atoms with Crippen LogP contribution in [-0.4, -0.2) is 28.8 Å². The van der Waals surface area contributed by atoms with Crippen molar-refractivity contribution in [3.8, 4) is 28.7 Å².